The van der Waals surface area contributed by atoms with E-state index < -0.39 is 6.03 Å². The molecule has 2 rings (SSSR count). The van der Waals surface area contributed by atoms with E-state index in [2.05, 4.69) is 10.6 Å². The summed E-state index contributed by atoms with van der Waals surface area (Å²) < 4.78 is 0. The third kappa shape index (κ3) is 3.81. The Hall–Kier alpha value is -2.84. The van der Waals surface area contributed by atoms with Crippen molar-refractivity contribution in [1.82, 2.24) is 0 Å². The van der Waals surface area contributed by atoms with E-state index in [1.54, 1.807) is 30.3 Å². The second kappa shape index (κ2) is 6.55. The lowest BCUT2D eigenvalue weighted by molar-refractivity contribution is 0.262. The number of rotatable bonds is 3. The second-order valence-corrected chi connectivity index (χ2v) is 4.65. The predicted molar refractivity (Wildman–Crippen MR) is 82.8 cm³/mol. The second-order valence-electron chi connectivity index (χ2n) is 4.65. The molecule has 0 aliphatic rings. The lowest BCUT2D eigenvalue weighted by Gasteiger charge is -2.11. The predicted octanol–water partition coefficient (Wildman–Crippen LogP) is 3.22. The van der Waals surface area contributed by atoms with Crippen molar-refractivity contribution in [3.05, 3.63) is 59.7 Å². The highest BCUT2D eigenvalue weighted by molar-refractivity contribution is 6.00. The van der Waals surface area contributed by atoms with E-state index in [1.165, 1.54) is 0 Å². The van der Waals surface area contributed by atoms with Gasteiger partial charge < -0.3 is 16.4 Å². The van der Waals surface area contributed by atoms with Crippen molar-refractivity contribution < 1.29 is 4.79 Å². The van der Waals surface area contributed by atoms with E-state index in [-0.39, 0.29) is 6.04 Å². The summed E-state index contributed by atoms with van der Waals surface area (Å²) in [6.45, 7) is 1.88. The molecule has 0 heterocycles. The molecule has 0 aliphatic heterocycles. The Morgan fingerprint density at radius 2 is 1.95 bits per heavy atom. The topological polar surface area (TPSA) is 90.9 Å². The largest absolute Gasteiger partial charge is 0.324 e. The Morgan fingerprint density at radius 1 is 1.19 bits per heavy atom. The summed E-state index contributed by atoms with van der Waals surface area (Å²) in [7, 11) is 0. The van der Waals surface area contributed by atoms with Crippen molar-refractivity contribution in [3.63, 3.8) is 0 Å². The summed E-state index contributed by atoms with van der Waals surface area (Å²) in [5.41, 5.74) is 8.28. The highest BCUT2D eigenvalue weighted by Crippen LogP contribution is 2.17. The smallest absolute Gasteiger partial charge is 0.323 e. The molecule has 4 N–H and O–H groups in total. The van der Waals surface area contributed by atoms with Gasteiger partial charge in [-0.3, -0.25) is 0 Å². The highest BCUT2D eigenvalue weighted by atomic mass is 16.2. The molecule has 0 saturated heterocycles. The Bertz CT molecular complexity index is 689. The van der Waals surface area contributed by atoms with Gasteiger partial charge in [0.1, 0.15) is 6.07 Å². The number of para-hydroxylation sites is 1. The molecule has 0 radical (unpaired) electrons. The van der Waals surface area contributed by atoms with E-state index in [9.17, 15) is 4.79 Å². The summed E-state index contributed by atoms with van der Waals surface area (Å²) >= 11 is 0. The van der Waals surface area contributed by atoms with Crippen molar-refractivity contribution in [1.29, 1.82) is 5.26 Å². The zero-order chi connectivity index (χ0) is 15.2. The molecule has 2 aromatic carbocycles. The van der Waals surface area contributed by atoms with Gasteiger partial charge in [-0.2, -0.15) is 5.26 Å². The van der Waals surface area contributed by atoms with E-state index in [0.29, 0.717) is 16.9 Å². The summed E-state index contributed by atoms with van der Waals surface area (Å²) in [5.74, 6) is 0. The molecule has 0 saturated carbocycles. The van der Waals surface area contributed by atoms with Gasteiger partial charge >= 0.3 is 6.03 Å². The Balaban J connectivity index is 2.09. The summed E-state index contributed by atoms with van der Waals surface area (Å²) in [6.07, 6.45) is 0. The number of nitrogens with zero attached hydrogens (tertiary/aromatic N) is 1. The monoisotopic (exact) mass is 280 g/mol. The first-order chi connectivity index (χ1) is 10.1. The number of benzene rings is 2. The first kappa shape index (κ1) is 14.6. The van der Waals surface area contributed by atoms with Crippen molar-refractivity contribution in [2.45, 2.75) is 13.0 Å². The number of carbonyl (C=O) groups is 1. The molecule has 0 bridgehead atoms. The lowest BCUT2D eigenvalue weighted by atomic mass is 10.1. The molecule has 0 fully saturated rings. The van der Waals surface area contributed by atoms with Crippen LogP contribution < -0.4 is 16.4 Å². The lowest BCUT2D eigenvalue weighted by Crippen LogP contribution is -2.20. The van der Waals surface area contributed by atoms with Gasteiger partial charge in [-0.1, -0.05) is 24.3 Å². The van der Waals surface area contributed by atoms with Crippen LogP contribution >= 0.6 is 0 Å². The van der Waals surface area contributed by atoms with Gasteiger partial charge in [0, 0.05) is 11.7 Å². The van der Waals surface area contributed by atoms with Gasteiger partial charge in [-0.25, -0.2) is 4.79 Å². The molecule has 0 aliphatic carbocycles. The zero-order valence-electron chi connectivity index (χ0n) is 11.6. The number of nitriles is 1. The molecular weight excluding hydrogens is 264 g/mol. The van der Waals surface area contributed by atoms with E-state index in [1.807, 2.05) is 31.2 Å². The summed E-state index contributed by atoms with van der Waals surface area (Å²) in [4.78, 5) is 12.0. The van der Waals surface area contributed by atoms with E-state index in [4.69, 9.17) is 11.0 Å². The number of urea groups is 1. The average Bonchev–Trinajstić information content (AvgIpc) is 2.48. The van der Waals surface area contributed by atoms with E-state index in [0.717, 1.165) is 5.56 Å². The molecule has 2 amide bonds. The number of hydrogen-bond acceptors (Lipinski definition) is 3. The maximum absolute atomic E-state index is 12.0. The fraction of sp³-hybridized carbons (Fsp3) is 0.125. The molecule has 0 aromatic heterocycles. The van der Waals surface area contributed by atoms with Crippen LogP contribution in [0.25, 0.3) is 0 Å². The molecule has 0 spiro atoms. The average molecular weight is 280 g/mol. The van der Waals surface area contributed by atoms with Gasteiger partial charge in [-0.15, -0.1) is 0 Å². The molecule has 5 nitrogen and oxygen atoms in total. The third-order valence-corrected chi connectivity index (χ3v) is 2.97. The number of nitrogens with one attached hydrogen (secondary N) is 2. The summed E-state index contributed by atoms with van der Waals surface area (Å²) in [5, 5.41) is 14.4. The Morgan fingerprint density at radius 3 is 2.67 bits per heavy atom. The number of amides is 2. The van der Waals surface area contributed by atoms with Crippen LogP contribution in [-0.2, 0) is 0 Å². The molecular formula is C16H16N4O. The van der Waals surface area contributed by atoms with Crippen molar-refractivity contribution >= 4 is 17.4 Å². The van der Waals surface area contributed by atoms with Crippen molar-refractivity contribution in [2.24, 2.45) is 5.73 Å². The summed E-state index contributed by atoms with van der Waals surface area (Å²) in [6, 6.07) is 15.7. The van der Waals surface area contributed by atoms with Crippen LogP contribution in [0.1, 0.15) is 24.1 Å². The molecule has 5 heteroatoms. The van der Waals surface area contributed by atoms with Gasteiger partial charge in [0.2, 0.25) is 0 Å². The van der Waals surface area contributed by atoms with Crippen LogP contribution in [0.15, 0.2) is 48.5 Å². The Labute approximate surface area is 123 Å². The minimum Gasteiger partial charge on any atom is -0.324 e. The maximum atomic E-state index is 12.0. The Kier molecular flexibility index (Phi) is 4.54. The van der Waals surface area contributed by atoms with Gasteiger partial charge in [-0.05, 0) is 36.8 Å². The SMILES string of the molecule is CC(N)c1cccc(NC(=O)Nc2ccccc2C#N)c1. The fourth-order valence-electron chi connectivity index (χ4n) is 1.87. The van der Waals surface area contributed by atoms with Gasteiger partial charge in [0.15, 0.2) is 0 Å². The van der Waals surface area contributed by atoms with E-state index >= 15 is 0 Å². The molecule has 21 heavy (non-hydrogen) atoms. The molecule has 106 valence electrons. The van der Waals surface area contributed by atoms with Crippen LogP contribution in [0.3, 0.4) is 0 Å². The number of hydrogen-bond donors (Lipinski definition) is 3. The molecule has 1 unspecified atom stereocenters. The third-order valence-electron chi connectivity index (χ3n) is 2.97. The zero-order valence-corrected chi connectivity index (χ0v) is 11.6. The van der Waals surface area contributed by atoms with Crippen LogP contribution in [0, 0.1) is 11.3 Å². The highest BCUT2D eigenvalue weighted by Gasteiger charge is 2.07. The molecule has 1 atom stereocenters. The van der Waals surface area contributed by atoms with Gasteiger partial charge in [0.05, 0.1) is 11.3 Å². The van der Waals surface area contributed by atoms with Crippen LogP contribution in [-0.4, -0.2) is 6.03 Å². The van der Waals surface area contributed by atoms with Crippen molar-refractivity contribution in [3.8, 4) is 6.07 Å². The number of carbonyl (C=O) groups excluding carboxylic acids is 1. The number of nitrogens with two attached hydrogens (primary N) is 1. The van der Waals surface area contributed by atoms with Crippen LogP contribution in [0.4, 0.5) is 16.2 Å². The fourth-order valence-corrected chi connectivity index (χ4v) is 1.87. The standard InChI is InChI=1S/C16H16N4O/c1-11(18)12-6-4-7-14(9-12)19-16(21)20-15-8-3-2-5-13(15)10-17/h2-9,11H,18H2,1H3,(H2,19,20,21). The van der Waals surface area contributed by atoms with Crippen molar-refractivity contribution in [2.75, 3.05) is 10.6 Å². The minimum atomic E-state index is -0.403. The first-order valence-corrected chi connectivity index (χ1v) is 6.53. The first-order valence-electron chi connectivity index (χ1n) is 6.53. The normalized spacial score (nSPS) is 11.3. The van der Waals surface area contributed by atoms with Crippen LogP contribution in [0.2, 0.25) is 0 Å². The maximum Gasteiger partial charge on any atom is 0.323 e. The quantitative estimate of drug-likeness (QED) is 0.806. The number of anilines is 2. The molecule has 2 aromatic rings. The van der Waals surface area contributed by atoms with Gasteiger partial charge in [0.25, 0.3) is 0 Å². The minimum absolute atomic E-state index is 0.103. The van der Waals surface area contributed by atoms with Crippen LogP contribution in [0.5, 0.6) is 0 Å².